The van der Waals surface area contributed by atoms with Gasteiger partial charge in [-0.15, -0.1) is 0 Å². The van der Waals surface area contributed by atoms with Crippen molar-refractivity contribution in [2.45, 2.75) is 13.3 Å². The highest BCUT2D eigenvalue weighted by Gasteiger charge is 1.97. The molecule has 1 aromatic rings. The van der Waals surface area contributed by atoms with Gasteiger partial charge in [0.15, 0.2) is 0 Å². The average molecular weight is 178 g/mol. The second kappa shape index (κ2) is 4.47. The summed E-state index contributed by atoms with van der Waals surface area (Å²) in [7, 11) is 0. The van der Waals surface area contributed by atoms with Crippen LogP contribution in [0.2, 0.25) is 0 Å². The zero-order valence-corrected chi connectivity index (χ0v) is 7.64. The van der Waals surface area contributed by atoms with E-state index in [1.807, 2.05) is 12.1 Å². The van der Waals surface area contributed by atoms with Crippen LogP contribution in [0.4, 0.5) is 5.82 Å². The fourth-order valence-electron chi connectivity index (χ4n) is 0.948. The van der Waals surface area contributed by atoms with Crippen LogP contribution in [0.15, 0.2) is 30.7 Å². The number of aryl methyl sites for hydroxylation is 1. The number of hydrogen-bond donors (Lipinski definition) is 2. The molecule has 4 heteroatoms. The molecule has 0 spiro atoms. The van der Waals surface area contributed by atoms with Gasteiger partial charge in [-0.05, 0) is 18.1 Å². The van der Waals surface area contributed by atoms with Crippen molar-refractivity contribution in [1.29, 1.82) is 0 Å². The maximum absolute atomic E-state index is 5.60. The molecule has 0 amide bonds. The summed E-state index contributed by atoms with van der Waals surface area (Å²) >= 11 is 0. The van der Waals surface area contributed by atoms with Crippen LogP contribution >= 0.6 is 0 Å². The molecule has 4 N–H and O–H groups in total. The Balaban J connectivity index is 2.79. The third-order valence-electron chi connectivity index (χ3n) is 1.73. The first-order valence-corrected chi connectivity index (χ1v) is 4.15. The van der Waals surface area contributed by atoms with Crippen molar-refractivity contribution in [2.24, 2.45) is 11.6 Å². The molecule has 70 valence electrons. The van der Waals surface area contributed by atoms with Crippen molar-refractivity contribution in [3.8, 4) is 0 Å². The van der Waals surface area contributed by atoms with Crippen LogP contribution in [0, 0.1) is 0 Å². The Bertz CT molecular complexity index is 278. The maximum Gasteiger partial charge on any atom is 0.146 e. The largest absolute Gasteiger partial charge is 0.403 e. The van der Waals surface area contributed by atoms with E-state index in [0.717, 1.165) is 6.42 Å². The quantitative estimate of drug-likeness (QED) is 0.529. The lowest BCUT2D eigenvalue weighted by molar-refractivity contribution is 1.01. The second-order valence-corrected chi connectivity index (χ2v) is 2.63. The van der Waals surface area contributed by atoms with Crippen molar-refractivity contribution in [2.75, 3.05) is 5.01 Å². The van der Waals surface area contributed by atoms with E-state index in [9.17, 15) is 0 Å². The third-order valence-corrected chi connectivity index (χ3v) is 1.73. The molecule has 0 unspecified atom stereocenters. The number of anilines is 1. The van der Waals surface area contributed by atoms with Crippen molar-refractivity contribution >= 4 is 5.82 Å². The fourth-order valence-corrected chi connectivity index (χ4v) is 0.948. The summed E-state index contributed by atoms with van der Waals surface area (Å²) in [6, 6.07) is 3.85. The van der Waals surface area contributed by atoms with Gasteiger partial charge in [-0.25, -0.2) is 10.8 Å². The van der Waals surface area contributed by atoms with E-state index in [1.165, 1.54) is 16.8 Å². The van der Waals surface area contributed by atoms with E-state index < -0.39 is 0 Å². The SMILES string of the molecule is CCc1ccc(N(N)/C=C\N)nc1. The van der Waals surface area contributed by atoms with Crippen LogP contribution < -0.4 is 16.6 Å². The minimum atomic E-state index is 0.680. The lowest BCUT2D eigenvalue weighted by Crippen LogP contribution is -2.25. The molecule has 1 heterocycles. The van der Waals surface area contributed by atoms with Gasteiger partial charge in [0.05, 0.1) is 0 Å². The topological polar surface area (TPSA) is 68.2 Å². The van der Waals surface area contributed by atoms with Gasteiger partial charge < -0.3 is 5.73 Å². The third kappa shape index (κ3) is 2.45. The summed E-state index contributed by atoms with van der Waals surface area (Å²) < 4.78 is 0. The van der Waals surface area contributed by atoms with Crippen LogP contribution in [0.1, 0.15) is 12.5 Å². The molecular formula is C9H14N4. The van der Waals surface area contributed by atoms with Crippen molar-refractivity contribution in [3.05, 3.63) is 36.3 Å². The Hall–Kier alpha value is -1.55. The predicted octanol–water partition coefficient (Wildman–Crippen LogP) is 0.754. The van der Waals surface area contributed by atoms with Crippen molar-refractivity contribution in [1.82, 2.24) is 4.98 Å². The van der Waals surface area contributed by atoms with E-state index >= 15 is 0 Å². The summed E-state index contributed by atoms with van der Waals surface area (Å²) in [5, 5.41) is 1.37. The normalized spacial score (nSPS) is 10.6. The Kier molecular flexibility index (Phi) is 3.28. The maximum atomic E-state index is 5.60. The number of pyridine rings is 1. The molecule has 0 atom stereocenters. The summed E-state index contributed by atoms with van der Waals surface area (Å²) in [4.78, 5) is 4.16. The van der Waals surface area contributed by atoms with Gasteiger partial charge in [-0.1, -0.05) is 13.0 Å². The summed E-state index contributed by atoms with van der Waals surface area (Å²) in [5.74, 6) is 6.28. The standard InChI is InChI=1S/C9H14N4/c1-2-8-3-4-9(12-7-8)13(11)6-5-10/h3-7H,2,10-11H2,1H3/b6-5-. The van der Waals surface area contributed by atoms with E-state index in [2.05, 4.69) is 11.9 Å². The Labute approximate surface area is 77.8 Å². The van der Waals surface area contributed by atoms with Gasteiger partial charge in [0.2, 0.25) is 0 Å². The van der Waals surface area contributed by atoms with Crippen molar-refractivity contribution < 1.29 is 0 Å². The van der Waals surface area contributed by atoms with Gasteiger partial charge in [-0.3, -0.25) is 5.01 Å². The summed E-state index contributed by atoms with van der Waals surface area (Å²) in [6.07, 6.45) is 5.70. The highest BCUT2D eigenvalue weighted by Crippen LogP contribution is 2.08. The molecule has 0 aliphatic heterocycles. The lowest BCUT2D eigenvalue weighted by Gasteiger charge is -2.11. The molecule has 4 nitrogen and oxygen atoms in total. The molecule has 0 bridgehead atoms. The van der Waals surface area contributed by atoms with Crippen LogP contribution in [-0.4, -0.2) is 4.98 Å². The zero-order valence-electron chi connectivity index (χ0n) is 7.64. The van der Waals surface area contributed by atoms with Gasteiger partial charge >= 0.3 is 0 Å². The molecule has 0 saturated heterocycles. The van der Waals surface area contributed by atoms with Crippen LogP contribution in [0.5, 0.6) is 0 Å². The first kappa shape index (κ1) is 9.54. The van der Waals surface area contributed by atoms with Crippen molar-refractivity contribution in [3.63, 3.8) is 0 Å². The lowest BCUT2D eigenvalue weighted by atomic mass is 10.2. The molecule has 1 aromatic heterocycles. The molecule has 0 saturated carbocycles. The molecule has 0 fully saturated rings. The van der Waals surface area contributed by atoms with Gasteiger partial charge in [0.1, 0.15) is 5.82 Å². The number of hydrazine groups is 1. The first-order valence-electron chi connectivity index (χ1n) is 4.15. The number of nitrogens with zero attached hydrogens (tertiary/aromatic N) is 2. The fraction of sp³-hybridized carbons (Fsp3) is 0.222. The molecule has 0 radical (unpaired) electrons. The number of aromatic nitrogens is 1. The molecular weight excluding hydrogens is 164 g/mol. The molecule has 0 aliphatic carbocycles. The van der Waals surface area contributed by atoms with Crippen LogP contribution in [0.3, 0.4) is 0 Å². The second-order valence-electron chi connectivity index (χ2n) is 2.63. The van der Waals surface area contributed by atoms with Gasteiger partial charge in [0, 0.05) is 18.6 Å². The molecule has 13 heavy (non-hydrogen) atoms. The smallest absolute Gasteiger partial charge is 0.146 e. The Morgan fingerprint density at radius 2 is 2.31 bits per heavy atom. The average Bonchev–Trinajstić information content (AvgIpc) is 2.18. The molecule has 0 aromatic carbocycles. The van der Waals surface area contributed by atoms with Gasteiger partial charge in [-0.2, -0.15) is 0 Å². The van der Waals surface area contributed by atoms with E-state index in [1.54, 1.807) is 12.4 Å². The Morgan fingerprint density at radius 1 is 1.54 bits per heavy atom. The minimum Gasteiger partial charge on any atom is -0.403 e. The van der Waals surface area contributed by atoms with Gasteiger partial charge in [0.25, 0.3) is 0 Å². The van der Waals surface area contributed by atoms with E-state index in [-0.39, 0.29) is 0 Å². The number of rotatable bonds is 3. The molecule has 0 aliphatic rings. The number of hydrogen-bond acceptors (Lipinski definition) is 4. The monoisotopic (exact) mass is 178 g/mol. The highest BCUT2D eigenvalue weighted by molar-refractivity contribution is 5.40. The summed E-state index contributed by atoms with van der Waals surface area (Å²) in [6.45, 7) is 2.08. The summed E-state index contributed by atoms with van der Waals surface area (Å²) in [5.41, 5.74) is 6.38. The highest BCUT2D eigenvalue weighted by atomic mass is 15.4. The minimum absolute atomic E-state index is 0.680. The van der Waals surface area contributed by atoms with E-state index in [4.69, 9.17) is 11.6 Å². The zero-order chi connectivity index (χ0) is 9.68. The predicted molar refractivity (Wildman–Crippen MR) is 53.6 cm³/mol. The molecule has 1 rings (SSSR count). The van der Waals surface area contributed by atoms with E-state index in [0.29, 0.717) is 5.82 Å². The first-order chi connectivity index (χ1) is 6.27. The van der Waals surface area contributed by atoms with Crippen LogP contribution in [-0.2, 0) is 6.42 Å². The number of nitrogens with two attached hydrogens (primary N) is 2. The van der Waals surface area contributed by atoms with Crippen LogP contribution in [0.25, 0.3) is 0 Å². The Morgan fingerprint density at radius 3 is 2.77 bits per heavy atom.